The van der Waals surface area contributed by atoms with Crippen molar-refractivity contribution in [3.05, 3.63) is 54.1 Å². The smallest absolute Gasteiger partial charge is 0.314 e. The van der Waals surface area contributed by atoms with Gasteiger partial charge in [-0.2, -0.15) is 0 Å². The van der Waals surface area contributed by atoms with Gasteiger partial charge in [-0.05, 0) is 41.2 Å². The Bertz CT molecular complexity index is 629. The van der Waals surface area contributed by atoms with Crippen molar-refractivity contribution in [2.45, 2.75) is 20.3 Å². The van der Waals surface area contributed by atoms with Gasteiger partial charge < -0.3 is 4.74 Å². The molecule has 1 unspecified atom stereocenters. The maximum Gasteiger partial charge on any atom is 0.314 e. The minimum Gasteiger partial charge on any atom is -0.426 e. The minimum atomic E-state index is -0.0973. The molecule has 0 radical (unpaired) electrons. The summed E-state index contributed by atoms with van der Waals surface area (Å²) in [6, 6.07) is 16.3. The van der Waals surface area contributed by atoms with Gasteiger partial charge in [-0.3, -0.25) is 4.79 Å². The molecule has 0 amide bonds. The topological polar surface area (TPSA) is 26.3 Å². The van der Waals surface area contributed by atoms with Crippen LogP contribution in [-0.4, -0.2) is 5.97 Å². The van der Waals surface area contributed by atoms with Crippen molar-refractivity contribution < 1.29 is 9.53 Å². The van der Waals surface area contributed by atoms with Crippen molar-refractivity contribution in [3.8, 4) is 16.9 Å². The second-order valence-electron chi connectivity index (χ2n) is 5.66. The summed E-state index contributed by atoms with van der Waals surface area (Å²) >= 11 is 0. The molecule has 3 rings (SSSR count). The van der Waals surface area contributed by atoms with Crippen molar-refractivity contribution in [3.63, 3.8) is 0 Å². The first kappa shape index (κ1) is 12.9. The van der Waals surface area contributed by atoms with Crippen LogP contribution in [0.2, 0.25) is 0 Å². The number of carbonyl (C=O) groups excluding carboxylic acids is 1. The molecule has 1 aliphatic rings. The molecular formula is C18H18O2. The van der Waals surface area contributed by atoms with Gasteiger partial charge in [0.25, 0.3) is 0 Å². The third kappa shape index (κ3) is 2.34. The highest BCUT2D eigenvalue weighted by Gasteiger charge is 2.30. The van der Waals surface area contributed by atoms with Gasteiger partial charge in [-0.1, -0.05) is 50.2 Å². The molecule has 0 saturated heterocycles. The van der Waals surface area contributed by atoms with Gasteiger partial charge in [0, 0.05) is 0 Å². The standard InChI is InChI=1S/C18H18O2/c1-12(2)16-11-15-10-14(13-6-4-3-5-7-13)8-9-17(15)20-18(16)19/h3-10,12,16H,11H2,1-2H3. The molecule has 0 N–H and O–H groups in total. The van der Waals surface area contributed by atoms with Crippen molar-refractivity contribution >= 4 is 5.97 Å². The molecule has 102 valence electrons. The zero-order chi connectivity index (χ0) is 14.1. The first-order valence-corrected chi connectivity index (χ1v) is 7.05. The molecule has 0 bridgehead atoms. The summed E-state index contributed by atoms with van der Waals surface area (Å²) in [6.45, 7) is 4.13. The molecular weight excluding hydrogens is 248 g/mol. The maximum atomic E-state index is 11.9. The van der Waals surface area contributed by atoms with Crippen LogP contribution in [0.4, 0.5) is 0 Å². The quantitative estimate of drug-likeness (QED) is 0.604. The number of ether oxygens (including phenoxy) is 1. The van der Waals surface area contributed by atoms with Crippen LogP contribution in [0.25, 0.3) is 11.1 Å². The Balaban J connectivity index is 1.98. The van der Waals surface area contributed by atoms with Gasteiger partial charge in [-0.15, -0.1) is 0 Å². The Labute approximate surface area is 119 Å². The average Bonchev–Trinajstić information content (AvgIpc) is 2.47. The number of rotatable bonds is 2. The van der Waals surface area contributed by atoms with Gasteiger partial charge in [0.2, 0.25) is 0 Å². The lowest BCUT2D eigenvalue weighted by molar-refractivity contribution is -0.141. The lowest BCUT2D eigenvalue weighted by atomic mass is 9.86. The normalized spacial score (nSPS) is 17.8. The van der Waals surface area contributed by atoms with E-state index in [-0.39, 0.29) is 11.9 Å². The van der Waals surface area contributed by atoms with E-state index in [1.54, 1.807) is 0 Å². The van der Waals surface area contributed by atoms with Crippen LogP contribution in [0.3, 0.4) is 0 Å². The highest BCUT2D eigenvalue weighted by molar-refractivity contribution is 5.79. The Morgan fingerprint density at radius 3 is 2.50 bits per heavy atom. The summed E-state index contributed by atoms with van der Waals surface area (Å²) in [4.78, 5) is 11.9. The van der Waals surface area contributed by atoms with Crippen LogP contribution in [-0.2, 0) is 11.2 Å². The van der Waals surface area contributed by atoms with Crippen LogP contribution in [0.5, 0.6) is 5.75 Å². The molecule has 0 aromatic heterocycles. The molecule has 1 aliphatic heterocycles. The van der Waals surface area contributed by atoms with E-state index in [0.717, 1.165) is 12.0 Å². The van der Waals surface area contributed by atoms with E-state index in [2.05, 4.69) is 32.0 Å². The van der Waals surface area contributed by atoms with Crippen molar-refractivity contribution in [1.29, 1.82) is 0 Å². The van der Waals surface area contributed by atoms with Crippen LogP contribution >= 0.6 is 0 Å². The van der Waals surface area contributed by atoms with E-state index in [1.807, 2.05) is 30.3 Å². The van der Waals surface area contributed by atoms with Crippen LogP contribution in [0.15, 0.2) is 48.5 Å². The molecule has 0 aliphatic carbocycles. The summed E-state index contributed by atoms with van der Waals surface area (Å²) < 4.78 is 5.46. The summed E-state index contributed by atoms with van der Waals surface area (Å²) in [6.07, 6.45) is 0.770. The largest absolute Gasteiger partial charge is 0.426 e. The highest BCUT2D eigenvalue weighted by atomic mass is 16.5. The fraction of sp³-hybridized carbons (Fsp3) is 0.278. The molecule has 0 fully saturated rings. The molecule has 2 heteroatoms. The van der Waals surface area contributed by atoms with Crippen molar-refractivity contribution in [2.75, 3.05) is 0 Å². The first-order valence-electron chi connectivity index (χ1n) is 7.05. The molecule has 2 aromatic rings. The zero-order valence-corrected chi connectivity index (χ0v) is 11.8. The third-order valence-corrected chi connectivity index (χ3v) is 3.93. The Morgan fingerprint density at radius 2 is 1.80 bits per heavy atom. The van der Waals surface area contributed by atoms with Crippen LogP contribution in [0, 0.1) is 11.8 Å². The van der Waals surface area contributed by atoms with E-state index in [1.165, 1.54) is 11.1 Å². The molecule has 2 nitrogen and oxygen atoms in total. The number of fused-ring (bicyclic) bond motifs is 1. The van der Waals surface area contributed by atoms with Crippen LogP contribution < -0.4 is 4.74 Å². The summed E-state index contributed by atoms with van der Waals surface area (Å²) in [5, 5.41) is 0. The minimum absolute atomic E-state index is 0.0338. The Morgan fingerprint density at radius 1 is 1.05 bits per heavy atom. The summed E-state index contributed by atoms with van der Waals surface area (Å²) in [5.74, 6) is 0.885. The Hall–Kier alpha value is -2.09. The molecule has 1 heterocycles. The molecule has 0 saturated carbocycles. The molecule has 2 aromatic carbocycles. The molecule has 0 spiro atoms. The molecule has 1 atom stereocenters. The SMILES string of the molecule is CC(C)C1Cc2cc(-c3ccccc3)ccc2OC1=O. The fourth-order valence-electron chi connectivity index (χ4n) is 2.66. The van der Waals surface area contributed by atoms with E-state index in [4.69, 9.17) is 4.74 Å². The summed E-state index contributed by atoms with van der Waals surface area (Å²) in [7, 11) is 0. The predicted octanol–water partition coefficient (Wildman–Crippen LogP) is 4.09. The second kappa shape index (κ2) is 5.12. The van der Waals surface area contributed by atoms with Gasteiger partial charge in [0.15, 0.2) is 0 Å². The fourth-order valence-corrected chi connectivity index (χ4v) is 2.66. The van der Waals surface area contributed by atoms with Gasteiger partial charge >= 0.3 is 5.97 Å². The van der Waals surface area contributed by atoms with Gasteiger partial charge in [0.05, 0.1) is 5.92 Å². The van der Waals surface area contributed by atoms with E-state index < -0.39 is 0 Å². The van der Waals surface area contributed by atoms with Crippen molar-refractivity contribution in [1.82, 2.24) is 0 Å². The van der Waals surface area contributed by atoms with E-state index >= 15 is 0 Å². The zero-order valence-electron chi connectivity index (χ0n) is 11.8. The number of hydrogen-bond acceptors (Lipinski definition) is 2. The second-order valence-corrected chi connectivity index (χ2v) is 5.66. The highest BCUT2D eigenvalue weighted by Crippen LogP contribution is 2.34. The van der Waals surface area contributed by atoms with Gasteiger partial charge in [-0.25, -0.2) is 0 Å². The average molecular weight is 266 g/mol. The van der Waals surface area contributed by atoms with E-state index in [9.17, 15) is 4.79 Å². The predicted molar refractivity (Wildman–Crippen MR) is 79.5 cm³/mol. The van der Waals surface area contributed by atoms with Crippen LogP contribution in [0.1, 0.15) is 19.4 Å². The Kier molecular flexibility index (Phi) is 3.31. The number of benzene rings is 2. The van der Waals surface area contributed by atoms with Crippen molar-refractivity contribution in [2.24, 2.45) is 11.8 Å². The number of esters is 1. The first-order chi connectivity index (χ1) is 9.65. The lowest BCUT2D eigenvalue weighted by Gasteiger charge is -2.26. The number of hydrogen-bond donors (Lipinski definition) is 0. The van der Waals surface area contributed by atoms with Gasteiger partial charge in [0.1, 0.15) is 5.75 Å². The maximum absolute atomic E-state index is 11.9. The lowest BCUT2D eigenvalue weighted by Crippen LogP contribution is -2.31. The monoisotopic (exact) mass is 266 g/mol. The number of carbonyl (C=O) groups is 1. The molecule has 20 heavy (non-hydrogen) atoms. The third-order valence-electron chi connectivity index (χ3n) is 3.93. The summed E-state index contributed by atoms with van der Waals surface area (Å²) in [5.41, 5.74) is 3.49. The van der Waals surface area contributed by atoms with E-state index in [0.29, 0.717) is 11.7 Å².